The van der Waals surface area contributed by atoms with Crippen LogP contribution in [0.4, 0.5) is 5.69 Å². The maximum Gasteiger partial charge on any atom is 0.0429 e. The molecule has 0 saturated heterocycles. The number of benzene rings is 2. The van der Waals surface area contributed by atoms with Crippen molar-refractivity contribution in [2.24, 2.45) is 0 Å². The summed E-state index contributed by atoms with van der Waals surface area (Å²) >= 11 is 4.29. The molecule has 0 heterocycles. The Morgan fingerprint density at radius 3 is 2.05 bits per heavy atom. The maximum atomic E-state index is 4.29. The Bertz CT molecular complexity index is 455. The van der Waals surface area contributed by atoms with E-state index in [1.54, 1.807) is 0 Å². The molecule has 0 saturated carbocycles. The van der Waals surface area contributed by atoms with Gasteiger partial charge >= 0.3 is 0 Å². The monoisotopic (exact) mass is 271 g/mol. The van der Waals surface area contributed by atoms with Crippen molar-refractivity contribution in [2.45, 2.75) is 19.4 Å². The van der Waals surface area contributed by atoms with Crippen molar-refractivity contribution >= 4 is 18.3 Å². The van der Waals surface area contributed by atoms with Gasteiger partial charge in [0.1, 0.15) is 0 Å². The number of para-hydroxylation sites is 1. The average molecular weight is 271 g/mol. The van der Waals surface area contributed by atoms with Gasteiger partial charge in [-0.25, -0.2) is 0 Å². The number of unbranched alkanes of at least 4 members (excludes halogenated alkanes) is 1. The van der Waals surface area contributed by atoms with Crippen molar-refractivity contribution in [1.82, 2.24) is 0 Å². The number of anilines is 1. The summed E-state index contributed by atoms with van der Waals surface area (Å²) in [6.45, 7) is 2.05. The van der Waals surface area contributed by atoms with Crippen molar-refractivity contribution in [3.05, 3.63) is 66.2 Å². The molecule has 0 atom stereocenters. The van der Waals surface area contributed by atoms with Crippen LogP contribution in [-0.4, -0.2) is 12.3 Å². The summed E-state index contributed by atoms with van der Waals surface area (Å²) in [5.41, 5.74) is 2.66. The molecule has 0 bridgehead atoms. The van der Waals surface area contributed by atoms with E-state index in [2.05, 4.69) is 78.2 Å². The van der Waals surface area contributed by atoms with Crippen LogP contribution in [0.25, 0.3) is 0 Å². The van der Waals surface area contributed by atoms with Crippen LogP contribution in [0.3, 0.4) is 0 Å². The minimum atomic E-state index is 0.966. The van der Waals surface area contributed by atoms with Crippen LogP contribution >= 0.6 is 12.6 Å². The molecule has 2 rings (SSSR count). The fraction of sp³-hybridized carbons (Fsp3) is 0.294. The van der Waals surface area contributed by atoms with Crippen molar-refractivity contribution < 1.29 is 0 Å². The van der Waals surface area contributed by atoms with Crippen LogP contribution in [0.2, 0.25) is 0 Å². The van der Waals surface area contributed by atoms with Crippen LogP contribution in [0.1, 0.15) is 18.4 Å². The van der Waals surface area contributed by atoms with Crippen molar-refractivity contribution in [3.63, 3.8) is 0 Å². The lowest BCUT2D eigenvalue weighted by molar-refractivity contribution is 0.720. The van der Waals surface area contributed by atoms with Gasteiger partial charge in [0.2, 0.25) is 0 Å². The first-order chi connectivity index (χ1) is 9.40. The van der Waals surface area contributed by atoms with Gasteiger partial charge in [-0.3, -0.25) is 0 Å². The molecule has 0 aliphatic rings. The molecule has 0 aliphatic heterocycles. The van der Waals surface area contributed by atoms with E-state index in [9.17, 15) is 0 Å². The lowest BCUT2D eigenvalue weighted by atomic mass is 10.2. The fourth-order valence-electron chi connectivity index (χ4n) is 2.16. The molecule has 0 fully saturated rings. The summed E-state index contributed by atoms with van der Waals surface area (Å²) in [5, 5.41) is 0. The Kier molecular flexibility index (Phi) is 5.83. The Morgan fingerprint density at radius 2 is 1.42 bits per heavy atom. The van der Waals surface area contributed by atoms with E-state index in [0.717, 1.165) is 18.8 Å². The van der Waals surface area contributed by atoms with E-state index in [0.29, 0.717) is 0 Å². The van der Waals surface area contributed by atoms with Crippen LogP contribution in [0.15, 0.2) is 60.7 Å². The Hall–Kier alpha value is -1.41. The van der Waals surface area contributed by atoms with E-state index in [-0.39, 0.29) is 0 Å². The summed E-state index contributed by atoms with van der Waals surface area (Å²) < 4.78 is 0. The molecule has 2 aromatic rings. The summed E-state index contributed by atoms with van der Waals surface area (Å²) in [7, 11) is 0. The first-order valence-electron chi connectivity index (χ1n) is 6.85. The van der Waals surface area contributed by atoms with Crippen molar-refractivity contribution in [2.75, 3.05) is 17.2 Å². The second kappa shape index (κ2) is 7.90. The van der Waals surface area contributed by atoms with E-state index in [1.807, 2.05) is 0 Å². The molecule has 0 amide bonds. The van der Waals surface area contributed by atoms with Gasteiger partial charge < -0.3 is 4.90 Å². The fourth-order valence-corrected chi connectivity index (χ4v) is 2.38. The Morgan fingerprint density at radius 1 is 0.789 bits per heavy atom. The highest BCUT2D eigenvalue weighted by Crippen LogP contribution is 2.17. The number of hydrogen-bond acceptors (Lipinski definition) is 2. The molecule has 0 unspecified atom stereocenters. The first-order valence-corrected chi connectivity index (χ1v) is 7.48. The number of thiol groups is 1. The lowest BCUT2D eigenvalue weighted by Gasteiger charge is -2.25. The van der Waals surface area contributed by atoms with Crippen LogP contribution in [-0.2, 0) is 6.54 Å². The number of rotatable bonds is 7. The molecule has 0 radical (unpaired) electrons. The van der Waals surface area contributed by atoms with Gasteiger partial charge in [-0.2, -0.15) is 12.6 Å². The molecular formula is C17H21NS. The minimum absolute atomic E-state index is 0.966. The molecular weight excluding hydrogens is 250 g/mol. The third-order valence-corrected chi connectivity index (χ3v) is 3.49. The molecule has 0 N–H and O–H groups in total. The van der Waals surface area contributed by atoms with E-state index in [1.165, 1.54) is 24.1 Å². The maximum absolute atomic E-state index is 4.29. The van der Waals surface area contributed by atoms with E-state index in [4.69, 9.17) is 0 Å². The van der Waals surface area contributed by atoms with Crippen molar-refractivity contribution in [3.8, 4) is 0 Å². The molecule has 0 aromatic heterocycles. The first kappa shape index (κ1) is 14.0. The molecule has 100 valence electrons. The lowest BCUT2D eigenvalue weighted by Crippen LogP contribution is -2.23. The second-order valence-electron chi connectivity index (χ2n) is 4.67. The third-order valence-electron chi connectivity index (χ3n) is 3.17. The van der Waals surface area contributed by atoms with E-state index < -0.39 is 0 Å². The zero-order valence-corrected chi connectivity index (χ0v) is 12.1. The molecule has 2 aromatic carbocycles. The zero-order chi connectivity index (χ0) is 13.3. The summed E-state index contributed by atoms with van der Waals surface area (Å²) in [6, 6.07) is 21.3. The molecule has 2 heteroatoms. The van der Waals surface area contributed by atoms with Crippen LogP contribution in [0, 0.1) is 0 Å². The predicted molar refractivity (Wildman–Crippen MR) is 87.0 cm³/mol. The molecule has 1 nitrogen and oxygen atoms in total. The number of hydrogen-bond donors (Lipinski definition) is 1. The topological polar surface area (TPSA) is 3.24 Å². The summed E-state index contributed by atoms with van der Waals surface area (Å²) in [4.78, 5) is 2.44. The van der Waals surface area contributed by atoms with Gasteiger partial charge in [0, 0.05) is 18.8 Å². The smallest absolute Gasteiger partial charge is 0.0429 e. The molecule has 19 heavy (non-hydrogen) atoms. The third kappa shape index (κ3) is 4.64. The minimum Gasteiger partial charge on any atom is -0.367 e. The van der Waals surface area contributed by atoms with Crippen LogP contribution < -0.4 is 4.90 Å². The highest BCUT2D eigenvalue weighted by Gasteiger charge is 2.06. The summed E-state index contributed by atoms with van der Waals surface area (Å²) in [6.07, 6.45) is 2.35. The standard InChI is InChI=1S/C17H21NS/c19-14-8-7-13-18(17-11-5-2-6-12-17)15-16-9-3-1-4-10-16/h1-6,9-12,19H,7-8,13-15H2. The van der Waals surface area contributed by atoms with Crippen LogP contribution in [0.5, 0.6) is 0 Å². The predicted octanol–water partition coefficient (Wildman–Crippen LogP) is 4.40. The van der Waals surface area contributed by atoms with Gasteiger partial charge in [0.15, 0.2) is 0 Å². The normalized spacial score (nSPS) is 10.4. The van der Waals surface area contributed by atoms with Gasteiger partial charge in [0.25, 0.3) is 0 Å². The largest absolute Gasteiger partial charge is 0.367 e. The van der Waals surface area contributed by atoms with Gasteiger partial charge in [-0.05, 0) is 36.3 Å². The van der Waals surface area contributed by atoms with Gasteiger partial charge in [-0.1, -0.05) is 48.5 Å². The highest BCUT2D eigenvalue weighted by molar-refractivity contribution is 7.80. The highest BCUT2D eigenvalue weighted by atomic mass is 32.1. The quantitative estimate of drug-likeness (QED) is 0.577. The molecule has 0 aliphatic carbocycles. The van der Waals surface area contributed by atoms with Crippen molar-refractivity contribution in [1.29, 1.82) is 0 Å². The average Bonchev–Trinajstić information content (AvgIpc) is 2.48. The molecule has 0 spiro atoms. The Balaban J connectivity index is 2.06. The number of nitrogens with zero attached hydrogens (tertiary/aromatic N) is 1. The zero-order valence-electron chi connectivity index (χ0n) is 11.2. The van der Waals surface area contributed by atoms with Gasteiger partial charge in [0.05, 0.1) is 0 Å². The van der Waals surface area contributed by atoms with E-state index >= 15 is 0 Å². The Labute approximate surface area is 121 Å². The summed E-state index contributed by atoms with van der Waals surface area (Å²) in [5.74, 6) is 0.966. The SMILES string of the molecule is SCCCCN(Cc1ccccc1)c1ccccc1. The second-order valence-corrected chi connectivity index (χ2v) is 5.12. The van der Waals surface area contributed by atoms with Gasteiger partial charge in [-0.15, -0.1) is 0 Å².